The maximum absolute atomic E-state index is 14.1. The van der Waals surface area contributed by atoms with E-state index >= 15 is 0 Å². The summed E-state index contributed by atoms with van der Waals surface area (Å²) in [6.45, 7) is 14.0. The summed E-state index contributed by atoms with van der Waals surface area (Å²) in [5.41, 5.74) is 1.10. The van der Waals surface area contributed by atoms with E-state index in [2.05, 4.69) is 44.3 Å². The first-order valence-electron chi connectivity index (χ1n) is 14.2. The van der Waals surface area contributed by atoms with Gasteiger partial charge in [-0.3, -0.25) is 4.79 Å². The van der Waals surface area contributed by atoms with Gasteiger partial charge in [-0.15, -0.1) is 0 Å². The van der Waals surface area contributed by atoms with Crippen LogP contribution < -0.4 is 10.2 Å². The SMILES string of the molecule is COC(=O)c1ccc(C(C)NC(=O)c2c(C(F)(F)F)nn3c2N(Cc2cccc(CO[Si](C)(C)C(C)(C)C)c2)CC3)cc1. The van der Waals surface area contributed by atoms with Gasteiger partial charge in [0.2, 0.25) is 0 Å². The predicted octanol–water partition coefficient (Wildman–Crippen LogP) is 6.72. The molecule has 43 heavy (non-hydrogen) atoms. The molecule has 0 fully saturated rings. The minimum Gasteiger partial charge on any atom is -0.465 e. The molecule has 8 nitrogen and oxygen atoms in total. The summed E-state index contributed by atoms with van der Waals surface area (Å²) in [5, 5.41) is 6.57. The Morgan fingerprint density at radius 2 is 1.70 bits per heavy atom. The van der Waals surface area contributed by atoms with Gasteiger partial charge in [0, 0.05) is 13.1 Å². The fourth-order valence-electron chi connectivity index (χ4n) is 4.71. The summed E-state index contributed by atoms with van der Waals surface area (Å²) in [6, 6.07) is 13.5. The number of nitrogens with zero attached hydrogens (tertiary/aromatic N) is 3. The normalized spacial score (nSPS) is 14.4. The number of ether oxygens (including phenoxy) is 1. The van der Waals surface area contributed by atoms with Crippen molar-refractivity contribution in [3.8, 4) is 0 Å². The predicted molar refractivity (Wildman–Crippen MR) is 160 cm³/mol. The average Bonchev–Trinajstić information content (AvgIpc) is 3.51. The molecule has 0 spiro atoms. The minimum atomic E-state index is -4.82. The van der Waals surface area contributed by atoms with Gasteiger partial charge in [-0.05, 0) is 53.9 Å². The number of nitrogens with one attached hydrogen (secondary N) is 1. The Hall–Kier alpha value is -3.64. The largest absolute Gasteiger partial charge is 0.465 e. The minimum absolute atomic E-state index is 0.0652. The number of hydrogen-bond donors (Lipinski definition) is 1. The number of alkyl halides is 3. The zero-order valence-electron chi connectivity index (χ0n) is 25.6. The number of esters is 1. The van der Waals surface area contributed by atoms with Crippen molar-refractivity contribution in [3.05, 3.63) is 82.0 Å². The molecule has 1 amide bonds. The van der Waals surface area contributed by atoms with Crippen molar-refractivity contribution in [2.75, 3.05) is 18.6 Å². The molecule has 0 saturated heterocycles. The molecule has 1 aromatic heterocycles. The molecule has 1 aliphatic rings. The molecule has 0 radical (unpaired) electrons. The number of fused-ring (bicyclic) bond motifs is 1. The Labute approximate surface area is 251 Å². The molecule has 3 aromatic rings. The van der Waals surface area contributed by atoms with Gasteiger partial charge in [-0.25, -0.2) is 9.48 Å². The van der Waals surface area contributed by atoms with Crippen molar-refractivity contribution < 1.29 is 31.9 Å². The number of halogens is 3. The molecule has 1 aliphatic heterocycles. The van der Waals surface area contributed by atoms with Crippen LogP contribution in [0.25, 0.3) is 0 Å². The molecular weight excluding hydrogens is 577 g/mol. The van der Waals surface area contributed by atoms with Gasteiger partial charge in [0.25, 0.3) is 5.91 Å². The summed E-state index contributed by atoms with van der Waals surface area (Å²) >= 11 is 0. The molecule has 1 unspecified atom stereocenters. The van der Waals surface area contributed by atoms with E-state index in [1.165, 1.54) is 23.9 Å². The van der Waals surface area contributed by atoms with Gasteiger partial charge >= 0.3 is 12.1 Å². The number of benzene rings is 2. The molecule has 1 N–H and O–H groups in total. The Morgan fingerprint density at radius 1 is 1.05 bits per heavy atom. The molecule has 12 heteroatoms. The summed E-state index contributed by atoms with van der Waals surface area (Å²) in [7, 11) is -0.695. The molecule has 2 heterocycles. The van der Waals surface area contributed by atoms with Gasteiger partial charge in [0.05, 0.1) is 31.9 Å². The summed E-state index contributed by atoms with van der Waals surface area (Å²) in [6.07, 6.45) is -4.82. The smallest absolute Gasteiger partial charge is 0.436 e. The molecular formula is C31H39F3N4O4Si. The number of methoxy groups -OCH3 is 1. The Balaban J connectivity index is 1.57. The van der Waals surface area contributed by atoms with Crippen molar-refractivity contribution >= 4 is 26.0 Å². The molecule has 0 bridgehead atoms. The molecule has 4 rings (SSSR count). The van der Waals surface area contributed by atoms with Gasteiger partial charge in [0.1, 0.15) is 11.4 Å². The van der Waals surface area contributed by atoms with Crippen molar-refractivity contribution in [1.82, 2.24) is 15.1 Å². The standard InChI is InChI=1S/C31H39F3N4O4Si/c1-20(23-11-13-24(14-12-23)29(40)41-5)35-27(39)25-26(31(32,33)34)36-38-16-15-37(28(25)38)18-21-9-8-10-22(17-21)19-42-43(6,7)30(2,3)4/h8-14,17,20H,15-16,18-19H2,1-7H3,(H,35,39). The highest BCUT2D eigenvalue weighted by Crippen LogP contribution is 2.39. The van der Waals surface area contributed by atoms with E-state index in [4.69, 9.17) is 9.16 Å². The monoisotopic (exact) mass is 616 g/mol. The second kappa shape index (κ2) is 12.2. The van der Waals surface area contributed by atoms with Gasteiger partial charge in [0.15, 0.2) is 14.0 Å². The molecule has 0 aliphatic carbocycles. The number of carbonyl (C=O) groups is 2. The van der Waals surface area contributed by atoms with Crippen molar-refractivity contribution in [2.45, 2.75) is 77.7 Å². The second-order valence-electron chi connectivity index (χ2n) is 12.4. The first kappa shape index (κ1) is 32.3. The van der Waals surface area contributed by atoms with E-state index in [-0.39, 0.29) is 17.4 Å². The Bertz CT molecular complexity index is 1480. The van der Waals surface area contributed by atoms with Crippen molar-refractivity contribution in [1.29, 1.82) is 0 Å². The van der Waals surface area contributed by atoms with Gasteiger partial charge in [-0.2, -0.15) is 18.3 Å². The topological polar surface area (TPSA) is 85.7 Å². The van der Waals surface area contributed by atoms with Crippen LogP contribution in [0.15, 0.2) is 48.5 Å². The third kappa shape index (κ3) is 7.12. The lowest BCUT2D eigenvalue weighted by atomic mass is 10.1. The number of carbonyl (C=O) groups excluding carboxylic acids is 2. The van der Waals surface area contributed by atoms with Crippen LogP contribution in [0, 0.1) is 0 Å². The van der Waals surface area contributed by atoms with Crippen molar-refractivity contribution in [3.63, 3.8) is 0 Å². The zero-order valence-corrected chi connectivity index (χ0v) is 26.6. The van der Waals surface area contributed by atoms with E-state index < -0.39 is 43.7 Å². The summed E-state index contributed by atoms with van der Waals surface area (Å²) in [5.74, 6) is -1.25. The van der Waals surface area contributed by atoms with Crippen LogP contribution in [0.5, 0.6) is 0 Å². The van der Waals surface area contributed by atoms with Crippen molar-refractivity contribution in [2.24, 2.45) is 0 Å². The summed E-state index contributed by atoms with van der Waals surface area (Å²) in [4.78, 5) is 27.0. The number of rotatable bonds is 9. The van der Waals surface area contributed by atoms with Crippen LogP contribution >= 0.6 is 0 Å². The lowest BCUT2D eigenvalue weighted by Crippen LogP contribution is -2.40. The molecule has 232 valence electrons. The van der Waals surface area contributed by atoms with Gasteiger partial charge in [-0.1, -0.05) is 57.2 Å². The number of amides is 1. The van der Waals surface area contributed by atoms with E-state index in [0.717, 1.165) is 11.1 Å². The molecule has 1 atom stereocenters. The third-order valence-corrected chi connectivity index (χ3v) is 12.7. The van der Waals surface area contributed by atoms with E-state index in [0.29, 0.717) is 30.8 Å². The zero-order chi connectivity index (χ0) is 31.7. The highest BCUT2D eigenvalue weighted by molar-refractivity contribution is 6.74. The van der Waals surface area contributed by atoms with Crippen LogP contribution in [0.3, 0.4) is 0 Å². The first-order valence-corrected chi connectivity index (χ1v) is 17.1. The number of anilines is 1. The quantitative estimate of drug-likeness (QED) is 0.212. The van der Waals surface area contributed by atoms with E-state index in [1.54, 1.807) is 24.0 Å². The maximum Gasteiger partial charge on any atom is 0.436 e. The van der Waals surface area contributed by atoms with Crippen LogP contribution in [0.2, 0.25) is 18.1 Å². The molecule has 2 aromatic carbocycles. The third-order valence-electron chi connectivity index (χ3n) is 8.25. The van der Waals surface area contributed by atoms with E-state index in [1.807, 2.05) is 24.3 Å². The van der Waals surface area contributed by atoms with Crippen LogP contribution in [-0.2, 0) is 35.0 Å². The van der Waals surface area contributed by atoms with E-state index in [9.17, 15) is 22.8 Å². The fourth-order valence-corrected chi connectivity index (χ4v) is 5.67. The van der Waals surface area contributed by atoms with Gasteiger partial charge < -0.3 is 19.4 Å². The molecule has 0 saturated carbocycles. The lowest BCUT2D eigenvalue weighted by molar-refractivity contribution is -0.141. The summed E-state index contributed by atoms with van der Waals surface area (Å²) < 4.78 is 54.7. The fraction of sp³-hybridized carbons (Fsp3) is 0.452. The Morgan fingerprint density at radius 3 is 2.30 bits per heavy atom. The second-order valence-corrected chi connectivity index (χ2v) is 17.2. The first-order chi connectivity index (χ1) is 20.0. The van der Waals surface area contributed by atoms with Crippen LogP contribution in [0.1, 0.15) is 76.8 Å². The van der Waals surface area contributed by atoms with Crippen LogP contribution in [-0.4, -0.2) is 43.6 Å². The highest BCUT2D eigenvalue weighted by Gasteiger charge is 2.44. The highest BCUT2D eigenvalue weighted by atomic mass is 28.4. The lowest BCUT2D eigenvalue weighted by Gasteiger charge is -2.36. The number of hydrogen-bond acceptors (Lipinski definition) is 6. The number of aromatic nitrogens is 2. The van der Waals surface area contributed by atoms with Crippen LogP contribution in [0.4, 0.5) is 19.0 Å². The maximum atomic E-state index is 14.1. The average molecular weight is 617 g/mol. The Kier molecular flexibility index (Phi) is 9.12.